The van der Waals surface area contributed by atoms with Crippen molar-refractivity contribution >= 4 is 11.9 Å². The van der Waals surface area contributed by atoms with E-state index in [1.54, 1.807) is 13.8 Å². The van der Waals surface area contributed by atoms with Crippen LogP contribution in [0.4, 0.5) is 13.2 Å². The van der Waals surface area contributed by atoms with Crippen LogP contribution in [0.3, 0.4) is 0 Å². The molecule has 0 aliphatic carbocycles. The highest BCUT2D eigenvalue weighted by atomic mass is 19.4. The molecule has 0 fully saturated rings. The minimum absolute atomic E-state index is 0.391. The molecule has 0 aromatic rings. The topological polar surface area (TPSA) is 55.4 Å². The largest absolute Gasteiger partial charge is 0.471 e. The lowest BCUT2D eigenvalue weighted by atomic mass is 10.3. The van der Waals surface area contributed by atoms with Gasteiger partial charge in [0, 0.05) is 0 Å². The highest BCUT2D eigenvalue weighted by Crippen LogP contribution is 2.14. The summed E-state index contributed by atoms with van der Waals surface area (Å²) in [7, 11) is 0. The molecule has 0 rings (SSSR count). The van der Waals surface area contributed by atoms with Gasteiger partial charge in [0.2, 0.25) is 0 Å². The summed E-state index contributed by atoms with van der Waals surface area (Å²) in [4.78, 5) is 21.7. The van der Waals surface area contributed by atoms with Crippen LogP contribution in [0, 0.1) is 0 Å². The predicted octanol–water partition coefficient (Wildman–Crippen LogP) is 1.40. The molecule has 0 bridgehead atoms. The van der Waals surface area contributed by atoms with E-state index in [9.17, 15) is 22.8 Å². The molecule has 1 amide bonds. The number of ether oxygens (including phenoxy) is 1. The molecule has 4 nitrogen and oxygen atoms in total. The van der Waals surface area contributed by atoms with Gasteiger partial charge >= 0.3 is 18.1 Å². The Balaban J connectivity index is 4.21. The Kier molecular flexibility index (Phi) is 5.26. The zero-order chi connectivity index (χ0) is 12.9. The number of esters is 1. The quantitative estimate of drug-likeness (QED) is 0.757. The summed E-state index contributed by atoms with van der Waals surface area (Å²) in [6.45, 7) is 4.50. The van der Waals surface area contributed by atoms with Crippen LogP contribution in [-0.4, -0.2) is 30.2 Å². The van der Waals surface area contributed by atoms with Crippen LogP contribution < -0.4 is 5.32 Å². The Morgan fingerprint density at radius 3 is 2.19 bits per heavy atom. The minimum atomic E-state index is -5.00. The molecule has 0 spiro atoms. The summed E-state index contributed by atoms with van der Waals surface area (Å²) in [5.74, 6) is -3.03. The van der Waals surface area contributed by atoms with Crippen LogP contribution in [-0.2, 0) is 14.3 Å². The number of rotatable bonds is 4. The van der Waals surface area contributed by atoms with Crippen LogP contribution in [0.5, 0.6) is 0 Å². The van der Waals surface area contributed by atoms with E-state index < -0.39 is 30.2 Å². The SMILES string of the molecule is CC[C@H](C)OC(=O)[C@H](C)NC(=O)C(F)(F)F. The van der Waals surface area contributed by atoms with Crippen molar-refractivity contribution in [2.45, 2.75) is 45.5 Å². The van der Waals surface area contributed by atoms with Gasteiger partial charge in [-0.3, -0.25) is 4.79 Å². The van der Waals surface area contributed by atoms with Crippen molar-refractivity contribution < 1.29 is 27.5 Å². The molecule has 2 atom stereocenters. The maximum absolute atomic E-state index is 11.8. The first kappa shape index (κ1) is 14.7. The number of carbonyl (C=O) groups excluding carboxylic acids is 2. The molecule has 1 N–H and O–H groups in total. The molecule has 0 aliphatic heterocycles. The lowest BCUT2D eigenvalue weighted by molar-refractivity contribution is -0.176. The second kappa shape index (κ2) is 5.72. The number of amides is 1. The Morgan fingerprint density at radius 2 is 1.81 bits per heavy atom. The van der Waals surface area contributed by atoms with E-state index in [0.29, 0.717) is 6.42 Å². The zero-order valence-electron chi connectivity index (χ0n) is 9.22. The van der Waals surface area contributed by atoms with E-state index in [1.165, 1.54) is 5.32 Å². The average Bonchev–Trinajstić information content (AvgIpc) is 2.15. The summed E-state index contributed by atoms with van der Waals surface area (Å²) < 4.78 is 40.3. The Labute approximate surface area is 91.1 Å². The van der Waals surface area contributed by atoms with Gasteiger partial charge < -0.3 is 10.1 Å². The van der Waals surface area contributed by atoms with Crippen molar-refractivity contribution in [3.63, 3.8) is 0 Å². The standard InChI is InChI=1S/C9H14F3NO3/c1-4-5(2)16-7(14)6(3)13-8(15)9(10,11)12/h5-6H,4H2,1-3H3,(H,13,15)/t5-,6-/m0/s1. The van der Waals surface area contributed by atoms with Gasteiger partial charge in [-0.15, -0.1) is 0 Å². The summed E-state index contributed by atoms with van der Waals surface area (Å²) in [5, 5.41) is 1.51. The Bertz CT molecular complexity index is 265. The first-order chi connectivity index (χ1) is 7.18. The van der Waals surface area contributed by atoms with Crippen LogP contribution >= 0.6 is 0 Å². The van der Waals surface area contributed by atoms with Gasteiger partial charge in [-0.2, -0.15) is 13.2 Å². The van der Waals surface area contributed by atoms with Crippen LogP contribution in [0.2, 0.25) is 0 Å². The fourth-order valence-electron chi connectivity index (χ4n) is 0.721. The lowest BCUT2D eigenvalue weighted by Crippen LogP contribution is -2.46. The number of carbonyl (C=O) groups is 2. The van der Waals surface area contributed by atoms with Crippen LogP contribution in [0.25, 0.3) is 0 Å². The van der Waals surface area contributed by atoms with Crippen molar-refractivity contribution in [2.24, 2.45) is 0 Å². The summed E-state index contributed by atoms with van der Waals surface area (Å²) in [5.41, 5.74) is 0. The molecule has 0 aromatic heterocycles. The average molecular weight is 241 g/mol. The number of alkyl halides is 3. The van der Waals surface area contributed by atoms with E-state index in [2.05, 4.69) is 0 Å². The first-order valence-corrected chi connectivity index (χ1v) is 4.76. The molecule has 94 valence electrons. The van der Waals surface area contributed by atoms with E-state index in [-0.39, 0.29) is 0 Å². The number of halogens is 3. The highest BCUT2D eigenvalue weighted by molar-refractivity contribution is 5.87. The maximum Gasteiger partial charge on any atom is 0.471 e. The Hall–Kier alpha value is -1.27. The molecular formula is C9H14F3NO3. The molecule has 0 saturated carbocycles. The summed E-state index contributed by atoms with van der Waals surface area (Å²) >= 11 is 0. The van der Waals surface area contributed by atoms with E-state index in [0.717, 1.165) is 6.92 Å². The minimum Gasteiger partial charge on any atom is -0.461 e. The normalized spacial score (nSPS) is 15.1. The van der Waals surface area contributed by atoms with Gasteiger partial charge in [-0.05, 0) is 20.3 Å². The van der Waals surface area contributed by atoms with Gasteiger partial charge in [0.15, 0.2) is 0 Å². The van der Waals surface area contributed by atoms with E-state index in [1.807, 2.05) is 0 Å². The molecule has 16 heavy (non-hydrogen) atoms. The number of hydrogen-bond donors (Lipinski definition) is 1. The second-order valence-corrected chi connectivity index (χ2v) is 3.35. The van der Waals surface area contributed by atoms with Gasteiger partial charge in [0.25, 0.3) is 0 Å². The third-order valence-electron chi connectivity index (χ3n) is 1.85. The third kappa shape index (κ3) is 4.99. The smallest absolute Gasteiger partial charge is 0.461 e. The first-order valence-electron chi connectivity index (χ1n) is 4.76. The monoisotopic (exact) mass is 241 g/mol. The molecular weight excluding hydrogens is 227 g/mol. The predicted molar refractivity (Wildman–Crippen MR) is 49.5 cm³/mol. The van der Waals surface area contributed by atoms with Crippen molar-refractivity contribution in [2.75, 3.05) is 0 Å². The molecule has 7 heteroatoms. The van der Waals surface area contributed by atoms with Crippen LogP contribution in [0.15, 0.2) is 0 Å². The highest BCUT2D eigenvalue weighted by Gasteiger charge is 2.40. The second-order valence-electron chi connectivity index (χ2n) is 3.35. The molecule has 0 aromatic carbocycles. The Morgan fingerprint density at radius 1 is 1.31 bits per heavy atom. The van der Waals surface area contributed by atoms with E-state index in [4.69, 9.17) is 4.74 Å². The van der Waals surface area contributed by atoms with Crippen LogP contribution in [0.1, 0.15) is 27.2 Å². The summed E-state index contributed by atoms with van der Waals surface area (Å²) in [6.07, 6.45) is -4.84. The molecule has 0 saturated heterocycles. The molecule has 0 heterocycles. The number of nitrogens with one attached hydrogen (secondary N) is 1. The number of hydrogen-bond acceptors (Lipinski definition) is 3. The molecule has 0 aliphatic rings. The van der Waals surface area contributed by atoms with Gasteiger partial charge in [0.05, 0.1) is 6.10 Å². The fourth-order valence-corrected chi connectivity index (χ4v) is 0.721. The van der Waals surface area contributed by atoms with Crippen molar-refractivity contribution in [3.05, 3.63) is 0 Å². The zero-order valence-corrected chi connectivity index (χ0v) is 9.22. The maximum atomic E-state index is 11.8. The van der Waals surface area contributed by atoms with Gasteiger partial charge in [0.1, 0.15) is 6.04 Å². The third-order valence-corrected chi connectivity index (χ3v) is 1.85. The van der Waals surface area contributed by atoms with E-state index >= 15 is 0 Å². The molecule has 0 radical (unpaired) electrons. The summed E-state index contributed by atoms with van der Waals surface area (Å²) in [6, 6.07) is -1.32. The lowest BCUT2D eigenvalue weighted by Gasteiger charge is -2.17. The van der Waals surface area contributed by atoms with Crippen molar-refractivity contribution in [1.82, 2.24) is 5.32 Å². The molecule has 0 unspecified atom stereocenters. The van der Waals surface area contributed by atoms with Crippen molar-refractivity contribution in [1.29, 1.82) is 0 Å². The fraction of sp³-hybridized carbons (Fsp3) is 0.778. The van der Waals surface area contributed by atoms with Gasteiger partial charge in [-0.1, -0.05) is 6.92 Å². The van der Waals surface area contributed by atoms with Gasteiger partial charge in [-0.25, -0.2) is 4.79 Å². The van der Waals surface area contributed by atoms with Crippen molar-refractivity contribution in [3.8, 4) is 0 Å².